The highest BCUT2D eigenvalue weighted by Gasteiger charge is 2.06. The van der Waals surface area contributed by atoms with Crippen molar-refractivity contribution in [3.8, 4) is 0 Å². The lowest BCUT2D eigenvalue weighted by Gasteiger charge is -2.04. The van der Waals surface area contributed by atoms with Gasteiger partial charge >= 0.3 is 0 Å². The summed E-state index contributed by atoms with van der Waals surface area (Å²) in [6, 6.07) is 0. The molecule has 0 radical (unpaired) electrons. The zero-order valence-electron chi connectivity index (χ0n) is 9.41. The monoisotopic (exact) mass is 204 g/mol. The summed E-state index contributed by atoms with van der Waals surface area (Å²) in [5.74, 6) is 0. The summed E-state index contributed by atoms with van der Waals surface area (Å²) < 4.78 is 2.05. The van der Waals surface area contributed by atoms with Crippen LogP contribution in [0.25, 0.3) is 5.65 Å². The van der Waals surface area contributed by atoms with Crippen molar-refractivity contribution in [1.29, 1.82) is 0 Å². The van der Waals surface area contributed by atoms with Gasteiger partial charge < -0.3 is 9.72 Å². The van der Waals surface area contributed by atoms with Gasteiger partial charge in [0.05, 0.1) is 17.1 Å². The highest BCUT2D eigenvalue weighted by Crippen LogP contribution is 2.09. The van der Waals surface area contributed by atoms with Crippen molar-refractivity contribution in [3.63, 3.8) is 0 Å². The molecule has 0 fully saturated rings. The molecule has 0 unspecified atom stereocenters. The molecule has 0 aliphatic heterocycles. The first-order valence-corrected chi connectivity index (χ1v) is 5.23. The van der Waals surface area contributed by atoms with Crippen LogP contribution in [0, 0.1) is 13.8 Å². The Bertz CT molecular complexity index is 473. The Kier molecular flexibility index (Phi) is 2.68. The molecule has 0 aromatic carbocycles. The number of hydrogen-bond donors (Lipinski definition) is 1. The number of fused-ring (bicyclic) bond motifs is 1. The van der Waals surface area contributed by atoms with E-state index in [9.17, 15) is 0 Å². The maximum Gasteiger partial charge on any atom is 0.160 e. The van der Waals surface area contributed by atoms with Crippen LogP contribution in [0.15, 0.2) is 12.4 Å². The van der Waals surface area contributed by atoms with E-state index in [4.69, 9.17) is 0 Å². The van der Waals surface area contributed by atoms with E-state index in [1.807, 2.05) is 30.6 Å². The molecule has 2 aromatic heterocycles. The van der Waals surface area contributed by atoms with Gasteiger partial charge in [-0.1, -0.05) is 6.92 Å². The molecule has 4 nitrogen and oxygen atoms in total. The summed E-state index contributed by atoms with van der Waals surface area (Å²) in [6.07, 6.45) is 4.03. The minimum Gasteiger partial charge on any atom is -0.311 e. The standard InChI is InChI=1S/C11H16N4/c1-4-12-5-10-11-14-9(3)7-15(11)6-8(2)13-10/h6-7,12H,4-5H2,1-3H3. The van der Waals surface area contributed by atoms with Crippen molar-refractivity contribution >= 4 is 5.65 Å². The molecule has 4 heteroatoms. The van der Waals surface area contributed by atoms with Gasteiger partial charge in [-0.15, -0.1) is 0 Å². The van der Waals surface area contributed by atoms with Crippen LogP contribution in [0.2, 0.25) is 0 Å². The zero-order valence-corrected chi connectivity index (χ0v) is 9.41. The Balaban J connectivity index is 2.50. The van der Waals surface area contributed by atoms with Gasteiger partial charge in [-0.25, -0.2) is 4.98 Å². The van der Waals surface area contributed by atoms with Gasteiger partial charge in [-0.2, -0.15) is 0 Å². The summed E-state index contributed by atoms with van der Waals surface area (Å²) in [6.45, 7) is 7.81. The molecule has 0 aliphatic carbocycles. The lowest BCUT2D eigenvalue weighted by atomic mass is 10.4. The van der Waals surface area contributed by atoms with Crippen molar-refractivity contribution in [3.05, 3.63) is 29.5 Å². The number of aromatic nitrogens is 3. The third kappa shape index (κ3) is 1.99. The Morgan fingerprint density at radius 1 is 1.20 bits per heavy atom. The number of nitrogens with one attached hydrogen (secondary N) is 1. The fourth-order valence-electron chi connectivity index (χ4n) is 1.68. The minimum absolute atomic E-state index is 0.776. The third-order valence-electron chi connectivity index (χ3n) is 2.29. The Hall–Kier alpha value is -1.42. The van der Waals surface area contributed by atoms with E-state index in [1.165, 1.54) is 0 Å². The average molecular weight is 204 g/mol. The summed E-state index contributed by atoms with van der Waals surface area (Å²) >= 11 is 0. The van der Waals surface area contributed by atoms with Crippen molar-refractivity contribution < 1.29 is 0 Å². The van der Waals surface area contributed by atoms with Gasteiger partial charge in [0.25, 0.3) is 0 Å². The fourth-order valence-corrected chi connectivity index (χ4v) is 1.68. The molecule has 0 saturated heterocycles. The van der Waals surface area contributed by atoms with E-state index in [0.29, 0.717) is 0 Å². The maximum absolute atomic E-state index is 4.51. The fraction of sp³-hybridized carbons (Fsp3) is 0.455. The molecule has 2 aromatic rings. The lowest BCUT2D eigenvalue weighted by Crippen LogP contribution is -2.14. The van der Waals surface area contributed by atoms with Crippen LogP contribution in [0.1, 0.15) is 24.0 Å². The lowest BCUT2D eigenvalue weighted by molar-refractivity contribution is 0.707. The van der Waals surface area contributed by atoms with Crippen LogP contribution in [0.3, 0.4) is 0 Å². The van der Waals surface area contributed by atoms with Crippen LogP contribution >= 0.6 is 0 Å². The summed E-state index contributed by atoms with van der Waals surface area (Å²) in [5.41, 5.74) is 4.02. The van der Waals surface area contributed by atoms with E-state index in [-0.39, 0.29) is 0 Å². The molecule has 80 valence electrons. The predicted molar refractivity (Wildman–Crippen MR) is 59.8 cm³/mol. The van der Waals surface area contributed by atoms with Gasteiger partial charge in [0.1, 0.15) is 0 Å². The quantitative estimate of drug-likeness (QED) is 0.823. The molecule has 0 aliphatic rings. The summed E-state index contributed by atoms with van der Waals surface area (Å²) in [4.78, 5) is 8.97. The largest absolute Gasteiger partial charge is 0.311 e. The van der Waals surface area contributed by atoms with Crippen molar-refractivity contribution in [2.24, 2.45) is 0 Å². The number of nitrogens with zero attached hydrogens (tertiary/aromatic N) is 3. The molecular formula is C11H16N4. The van der Waals surface area contributed by atoms with E-state index < -0.39 is 0 Å². The SMILES string of the molecule is CCNCc1nc(C)cn2cc(C)nc12. The smallest absolute Gasteiger partial charge is 0.160 e. The van der Waals surface area contributed by atoms with Crippen LogP contribution in [-0.4, -0.2) is 20.9 Å². The van der Waals surface area contributed by atoms with Crippen LogP contribution in [0.5, 0.6) is 0 Å². The van der Waals surface area contributed by atoms with Crippen LogP contribution in [-0.2, 0) is 6.54 Å². The van der Waals surface area contributed by atoms with E-state index in [2.05, 4.69) is 22.2 Å². The highest BCUT2D eigenvalue weighted by molar-refractivity contribution is 5.45. The minimum atomic E-state index is 0.776. The van der Waals surface area contributed by atoms with Gasteiger partial charge in [-0.3, -0.25) is 4.98 Å². The topological polar surface area (TPSA) is 42.2 Å². The first kappa shape index (κ1) is 10.1. The van der Waals surface area contributed by atoms with E-state index in [0.717, 1.165) is 35.8 Å². The van der Waals surface area contributed by atoms with Crippen molar-refractivity contribution in [1.82, 2.24) is 19.7 Å². The Morgan fingerprint density at radius 3 is 2.53 bits per heavy atom. The average Bonchev–Trinajstić information content (AvgIpc) is 2.54. The second-order valence-electron chi connectivity index (χ2n) is 3.72. The Labute approximate surface area is 89.4 Å². The summed E-state index contributed by atoms with van der Waals surface area (Å²) in [5, 5.41) is 3.28. The molecular weight excluding hydrogens is 188 g/mol. The third-order valence-corrected chi connectivity index (χ3v) is 2.29. The second-order valence-corrected chi connectivity index (χ2v) is 3.72. The molecule has 2 rings (SSSR count). The number of imidazole rings is 1. The zero-order chi connectivity index (χ0) is 10.8. The van der Waals surface area contributed by atoms with Crippen LogP contribution in [0.4, 0.5) is 0 Å². The highest BCUT2D eigenvalue weighted by atomic mass is 15.0. The number of hydrogen-bond acceptors (Lipinski definition) is 3. The van der Waals surface area contributed by atoms with Gasteiger partial charge in [0.15, 0.2) is 5.65 Å². The Morgan fingerprint density at radius 2 is 1.87 bits per heavy atom. The van der Waals surface area contributed by atoms with Gasteiger partial charge in [-0.05, 0) is 20.4 Å². The molecule has 0 saturated carbocycles. The molecule has 1 N–H and O–H groups in total. The van der Waals surface area contributed by atoms with Crippen LogP contribution < -0.4 is 5.32 Å². The van der Waals surface area contributed by atoms with Crippen molar-refractivity contribution in [2.75, 3.05) is 6.54 Å². The van der Waals surface area contributed by atoms with E-state index >= 15 is 0 Å². The number of rotatable bonds is 3. The first-order valence-electron chi connectivity index (χ1n) is 5.23. The second kappa shape index (κ2) is 3.98. The van der Waals surface area contributed by atoms with E-state index in [1.54, 1.807) is 0 Å². The molecule has 0 amide bonds. The predicted octanol–water partition coefficient (Wildman–Crippen LogP) is 1.46. The number of aryl methyl sites for hydroxylation is 2. The molecule has 0 atom stereocenters. The van der Waals surface area contributed by atoms with Gasteiger partial charge in [0.2, 0.25) is 0 Å². The van der Waals surface area contributed by atoms with Crippen molar-refractivity contribution in [2.45, 2.75) is 27.3 Å². The summed E-state index contributed by atoms with van der Waals surface area (Å²) in [7, 11) is 0. The first-order chi connectivity index (χ1) is 7.20. The van der Waals surface area contributed by atoms with Gasteiger partial charge in [0, 0.05) is 18.9 Å². The molecule has 15 heavy (non-hydrogen) atoms. The molecule has 2 heterocycles. The normalized spacial score (nSPS) is 11.1. The molecule has 0 bridgehead atoms. The maximum atomic E-state index is 4.51. The molecule has 0 spiro atoms.